The van der Waals surface area contributed by atoms with E-state index in [1.807, 2.05) is 37.3 Å². The second-order valence-electron chi connectivity index (χ2n) is 5.97. The van der Waals surface area contributed by atoms with Gasteiger partial charge in [0, 0.05) is 29.3 Å². The average molecular weight is 324 g/mol. The summed E-state index contributed by atoms with van der Waals surface area (Å²) in [7, 11) is 0. The fourth-order valence-electron chi connectivity index (χ4n) is 2.85. The molecule has 1 N–H and O–H groups in total. The average Bonchev–Trinajstić information content (AvgIpc) is 3.17. The third-order valence-corrected chi connectivity index (χ3v) is 4.15. The monoisotopic (exact) mass is 324 g/mol. The minimum absolute atomic E-state index is 0.00375. The van der Waals surface area contributed by atoms with Gasteiger partial charge in [-0.25, -0.2) is 0 Å². The molecule has 1 aromatic heterocycles. The summed E-state index contributed by atoms with van der Waals surface area (Å²) >= 11 is 0. The smallest absolute Gasteiger partial charge is 0.259 e. The minimum atomic E-state index is -0.191. The summed E-state index contributed by atoms with van der Waals surface area (Å²) < 4.78 is 5.28. The van der Waals surface area contributed by atoms with Gasteiger partial charge in [-0.1, -0.05) is 24.8 Å². The lowest BCUT2D eigenvalue weighted by Crippen LogP contribution is -2.41. The summed E-state index contributed by atoms with van der Waals surface area (Å²) in [5.41, 5.74) is 1.97. The van der Waals surface area contributed by atoms with E-state index in [0.717, 1.165) is 24.2 Å². The van der Waals surface area contributed by atoms with Crippen LogP contribution >= 0.6 is 0 Å². The van der Waals surface area contributed by atoms with Crippen molar-refractivity contribution >= 4 is 17.5 Å². The summed E-state index contributed by atoms with van der Waals surface area (Å²) in [4.78, 5) is 26.1. The number of aryl methyl sites for hydroxylation is 1. The number of carbonyl (C=O) groups excluding carboxylic acids is 2. The molecule has 0 saturated heterocycles. The molecule has 124 valence electrons. The fourth-order valence-corrected chi connectivity index (χ4v) is 2.85. The number of amides is 2. The van der Waals surface area contributed by atoms with Crippen molar-refractivity contribution in [3.63, 3.8) is 0 Å². The Morgan fingerprint density at radius 1 is 1.25 bits per heavy atom. The van der Waals surface area contributed by atoms with Crippen LogP contribution in [-0.2, 0) is 11.2 Å². The molecule has 1 aliphatic rings. The van der Waals surface area contributed by atoms with Crippen molar-refractivity contribution in [2.24, 2.45) is 0 Å². The Morgan fingerprint density at radius 2 is 2.00 bits per heavy atom. The van der Waals surface area contributed by atoms with Gasteiger partial charge in [0.1, 0.15) is 12.3 Å². The minimum Gasteiger partial charge on any atom is -0.469 e. The Hall–Kier alpha value is -2.82. The van der Waals surface area contributed by atoms with E-state index < -0.39 is 0 Å². The van der Waals surface area contributed by atoms with Crippen molar-refractivity contribution in [2.75, 3.05) is 6.54 Å². The van der Waals surface area contributed by atoms with E-state index in [2.05, 4.69) is 11.9 Å². The number of hydrogen-bond donors (Lipinski definition) is 1. The van der Waals surface area contributed by atoms with Gasteiger partial charge in [-0.05, 0) is 31.5 Å². The molecular weight excluding hydrogens is 304 g/mol. The van der Waals surface area contributed by atoms with Crippen molar-refractivity contribution in [1.29, 1.82) is 0 Å². The molecule has 5 heteroatoms. The van der Waals surface area contributed by atoms with Crippen molar-refractivity contribution < 1.29 is 14.0 Å². The molecule has 2 aromatic rings. The van der Waals surface area contributed by atoms with Gasteiger partial charge in [0.2, 0.25) is 5.91 Å². The van der Waals surface area contributed by atoms with Gasteiger partial charge in [0.05, 0.1) is 6.26 Å². The second-order valence-corrected chi connectivity index (χ2v) is 5.97. The maximum absolute atomic E-state index is 12.4. The number of rotatable bonds is 6. The van der Waals surface area contributed by atoms with E-state index >= 15 is 0 Å². The zero-order valence-electron chi connectivity index (χ0n) is 13.6. The van der Waals surface area contributed by atoms with Gasteiger partial charge < -0.3 is 9.73 Å². The first-order valence-electron chi connectivity index (χ1n) is 7.98. The van der Waals surface area contributed by atoms with Gasteiger partial charge >= 0.3 is 0 Å². The summed E-state index contributed by atoms with van der Waals surface area (Å²) in [6.45, 7) is 5.87. The number of nitrogens with one attached hydrogen (secondary N) is 1. The summed E-state index contributed by atoms with van der Waals surface area (Å²) in [6.07, 6.45) is 3.17. The predicted octanol–water partition coefficient (Wildman–Crippen LogP) is 2.84. The molecule has 1 aromatic carbocycles. The third-order valence-electron chi connectivity index (χ3n) is 4.15. The first kappa shape index (κ1) is 16.1. The first-order chi connectivity index (χ1) is 11.6. The maximum Gasteiger partial charge on any atom is 0.259 e. The van der Waals surface area contributed by atoms with E-state index in [9.17, 15) is 9.59 Å². The molecular formula is C19H20N2O3. The molecule has 1 aliphatic heterocycles. The largest absolute Gasteiger partial charge is 0.469 e. The number of nitrogens with zero attached hydrogens (tertiary/aromatic N) is 1. The highest BCUT2D eigenvalue weighted by Crippen LogP contribution is 2.30. The summed E-state index contributed by atoms with van der Waals surface area (Å²) in [6, 6.07) is 11.0. The van der Waals surface area contributed by atoms with Gasteiger partial charge in [-0.15, -0.1) is 0 Å². The molecule has 24 heavy (non-hydrogen) atoms. The second kappa shape index (κ2) is 6.74. The van der Waals surface area contributed by atoms with Crippen LogP contribution in [0.1, 0.15) is 35.0 Å². The molecule has 1 unspecified atom stereocenters. The summed E-state index contributed by atoms with van der Waals surface area (Å²) in [5, 5.41) is 2.92. The zero-order chi connectivity index (χ0) is 17.1. The first-order valence-corrected chi connectivity index (χ1v) is 7.98. The number of furan rings is 1. The number of hydrogen-bond acceptors (Lipinski definition) is 3. The molecule has 5 nitrogen and oxygen atoms in total. The lowest BCUT2D eigenvalue weighted by molar-refractivity contribution is -0.121. The molecule has 0 spiro atoms. The SMILES string of the molecule is C=C1c2ccccc2C(=O)N1CC(=O)NC(C)CCc1ccco1. The van der Waals surface area contributed by atoms with Crippen LogP contribution in [0.2, 0.25) is 0 Å². The third kappa shape index (κ3) is 3.25. The van der Waals surface area contributed by atoms with E-state index in [0.29, 0.717) is 11.3 Å². The van der Waals surface area contributed by atoms with Gasteiger partial charge in [0.25, 0.3) is 5.91 Å². The number of carbonyl (C=O) groups is 2. The Kier molecular flexibility index (Phi) is 4.51. The Morgan fingerprint density at radius 3 is 2.67 bits per heavy atom. The van der Waals surface area contributed by atoms with Crippen LogP contribution in [0.4, 0.5) is 0 Å². The van der Waals surface area contributed by atoms with Crippen LogP contribution < -0.4 is 5.32 Å². The molecule has 1 atom stereocenters. The molecule has 3 rings (SSSR count). The van der Waals surface area contributed by atoms with Gasteiger partial charge in [-0.3, -0.25) is 14.5 Å². The standard InChI is InChI=1S/C19H20N2O3/c1-13(9-10-15-6-5-11-24-15)20-18(22)12-21-14(2)16-7-3-4-8-17(16)19(21)23/h3-8,11,13H,2,9-10,12H2,1H3,(H,20,22). The Labute approximate surface area is 141 Å². The van der Waals surface area contributed by atoms with Crippen LogP contribution in [-0.4, -0.2) is 29.3 Å². The topological polar surface area (TPSA) is 62.6 Å². The Balaban J connectivity index is 1.54. The van der Waals surface area contributed by atoms with E-state index in [1.165, 1.54) is 4.90 Å². The highest BCUT2D eigenvalue weighted by atomic mass is 16.3. The van der Waals surface area contributed by atoms with Gasteiger partial charge in [0.15, 0.2) is 0 Å². The maximum atomic E-state index is 12.4. The van der Waals surface area contributed by atoms with Crippen molar-refractivity contribution in [2.45, 2.75) is 25.8 Å². The highest BCUT2D eigenvalue weighted by Gasteiger charge is 2.31. The van der Waals surface area contributed by atoms with Crippen LogP contribution in [0, 0.1) is 0 Å². The number of benzene rings is 1. The molecule has 0 aliphatic carbocycles. The van der Waals surface area contributed by atoms with Gasteiger partial charge in [-0.2, -0.15) is 0 Å². The molecule has 0 fully saturated rings. The predicted molar refractivity (Wildman–Crippen MR) is 91.1 cm³/mol. The fraction of sp³-hybridized carbons (Fsp3) is 0.263. The lowest BCUT2D eigenvalue weighted by Gasteiger charge is -2.19. The highest BCUT2D eigenvalue weighted by molar-refractivity contribution is 6.10. The van der Waals surface area contributed by atoms with E-state index in [-0.39, 0.29) is 24.4 Å². The normalized spacial score (nSPS) is 14.6. The van der Waals surface area contributed by atoms with Crippen molar-refractivity contribution in [1.82, 2.24) is 10.2 Å². The Bertz CT molecular complexity index is 730. The molecule has 0 saturated carbocycles. The van der Waals surface area contributed by atoms with E-state index in [1.54, 1.807) is 12.3 Å². The molecule has 2 heterocycles. The van der Waals surface area contributed by atoms with Crippen molar-refractivity contribution in [3.05, 3.63) is 66.1 Å². The van der Waals surface area contributed by atoms with Crippen LogP contribution in [0.5, 0.6) is 0 Å². The molecule has 2 amide bonds. The quantitative estimate of drug-likeness (QED) is 0.889. The molecule has 0 radical (unpaired) electrons. The van der Waals surface area contributed by atoms with Crippen LogP contribution in [0.3, 0.4) is 0 Å². The zero-order valence-corrected chi connectivity index (χ0v) is 13.6. The van der Waals surface area contributed by atoms with Crippen LogP contribution in [0.15, 0.2) is 53.7 Å². The van der Waals surface area contributed by atoms with E-state index in [4.69, 9.17) is 4.42 Å². The van der Waals surface area contributed by atoms with Crippen molar-refractivity contribution in [3.8, 4) is 0 Å². The lowest BCUT2D eigenvalue weighted by atomic mass is 10.1. The summed E-state index contributed by atoms with van der Waals surface area (Å²) in [5.74, 6) is 0.535. The number of fused-ring (bicyclic) bond motifs is 1. The molecule has 0 bridgehead atoms. The van der Waals surface area contributed by atoms with Crippen LogP contribution in [0.25, 0.3) is 5.70 Å².